The molecule has 2 unspecified atom stereocenters. The van der Waals surface area contributed by atoms with E-state index in [1.165, 1.54) is 0 Å². The van der Waals surface area contributed by atoms with Gasteiger partial charge in [-0.3, -0.25) is 4.79 Å². The van der Waals surface area contributed by atoms with Crippen LogP contribution in [0.3, 0.4) is 0 Å². The first-order valence-corrected chi connectivity index (χ1v) is 7.07. The topological polar surface area (TPSA) is 30.0 Å². The van der Waals surface area contributed by atoms with Gasteiger partial charge in [0.1, 0.15) is 10.8 Å². The van der Waals surface area contributed by atoms with Gasteiger partial charge in [0.2, 0.25) is 0 Å². The number of hydrogen-bond acceptors (Lipinski definition) is 4. The molecule has 0 aromatic carbocycles. The zero-order valence-corrected chi connectivity index (χ0v) is 10.8. The van der Waals surface area contributed by atoms with Crippen molar-refractivity contribution in [2.75, 3.05) is 0 Å². The summed E-state index contributed by atoms with van der Waals surface area (Å²) in [4.78, 5) is 15.4. The van der Waals surface area contributed by atoms with Crippen molar-refractivity contribution in [1.82, 2.24) is 4.98 Å². The molecule has 0 amide bonds. The van der Waals surface area contributed by atoms with Gasteiger partial charge in [-0.25, -0.2) is 4.98 Å². The van der Waals surface area contributed by atoms with Crippen molar-refractivity contribution in [3.8, 4) is 0 Å². The minimum Gasteiger partial charge on any atom is -0.300 e. The van der Waals surface area contributed by atoms with Crippen molar-refractivity contribution in [3.63, 3.8) is 0 Å². The van der Waals surface area contributed by atoms with Crippen molar-refractivity contribution in [2.24, 2.45) is 5.92 Å². The fourth-order valence-corrected chi connectivity index (χ4v) is 3.33. The number of hydrogen-bond donors (Lipinski definition) is 0. The van der Waals surface area contributed by atoms with Gasteiger partial charge in [0.25, 0.3) is 0 Å². The van der Waals surface area contributed by atoms with Gasteiger partial charge in [-0.1, -0.05) is 30.7 Å². The van der Waals surface area contributed by atoms with E-state index in [1.54, 1.807) is 34.7 Å². The highest BCUT2D eigenvalue weighted by atomic mass is 33.1. The monoisotopic (exact) mass is 241 g/mol. The lowest BCUT2D eigenvalue weighted by Crippen LogP contribution is -2.17. The zero-order valence-electron chi connectivity index (χ0n) is 9.14. The van der Waals surface area contributed by atoms with Crippen LogP contribution in [0, 0.1) is 5.92 Å². The maximum Gasteiger partial charge on any atom is 0.133 e. The van der Waals surface area contributed by atoms with Crippen molar-refractivity contribution in [3.05, 3.63) is 24.4 Å². The van der Waals surface area contributed by atoms with Crippen LogP contribution in [0.15, 0.2) is 29.4 Å². The van der Waals surface area contributed by atoms with Crippen molar-refractivity contribution < 1.29 is 4.79 Å². The Bertz CT molecular complexity index is 316. The Labute approximate surface area is 98.6 Å². The van der Waals surface area contributed by atoms with Crippen LogP contribution in [0.25, 0.3) is 0 Å². The Balaban J connectivity index is 2.41. The highest BCUT2D eigenvalue weighted by Gasteiger charge is 2.17. The second-order valence-corrected chi connectivity index (χ2v) is 6.05. The molecule has 82 valence electrons. The van der Waals surface area contributed by atoms with E-state index in [-0.39, 0.29) is 11.7 Å². The van der Waals surface area contributed by atoms with Crippen LogP contribution < -0.4 is 0 Å². The molecule has 4 heteroatoms. The number of aromatic nitrogens is 1. The number of ketones is 1. The summed E-state index contributed by atoms with van der Waals surface area (Å²) in [7, 11) is 3.33. The molecule has 2 atom stereocenters. The first kappa shape index (κ1) is 12.6. The van der Waals surface area contributed by atoms with Crippen molar-refractivity contribution in [2.45, 2.75) is 31.0 Å². The van der Waals surface area contributed by atoms with E-state index in [0.717, 1.165) is 5.03 Å². The maximum atomic E-state index is 11.2. The fraction of sp³-hybridized carbons (Fsp3) is 0.455. The molecule has 1 aromatic heterocycles. The third kappa shape index (κ3) is 4.26. The van der Waals surface area contributed by atoms with Crippen LogP contribution in [-0.2, 0) is 4.79 Å². The first-order chi connectivity index (χ1) is 7.11. The van der Waals surface area contributed by atoms with Gasteiger partial charge < -0.3 is 0 Å². The molecule has 0 radical (unpaired) electrons. The van der Waals surface area contributed by atoms with Crippen LogP contribution in [0.2, 0.25) is 0 Å². The summed E-state index contributed by atoms with van der Waals surface area (Å²) in [5, 5.41) is 1.31. The van der Waals surface area contributed by atoms with Crippen LogP contribution >= 0.6 is 21.6 Å². The predicted molar refractivity (Wildman–Crippen MR) is 67.0 cm³/mol. The number of rotatable bonds is 5. The van der Waals surface area contributed by atoms with E-state index < -0.39 is 0 Å². The molecule has 15 heavy (non-hydrogen) atoms. The molecule has 0 spiro atoms. The molecule has 1 heterocycles. The molecular formula is C11H15NOS2. The summed E-state index contributed by atoms with van der Waals surface area (Å²) in [5.74, 6) is 0.350. The summed E-state index contributed by atoms with van der Waals surface area (Å²) >= 11 is 0. The Morgan fingerprint density at radius 2 is 2.13 bits per heavy atom. The predicted octanol–water partition coefficient (Wildman–Crippen LogP) is 3.44. The lowest BCUT2D eigenvalue weighted by Gasteiger charge is -2.15. The third-order valence-electron chi connectivity index (χ3n) is 2.27. The molecule has 1 rings (SSSR count). The van der Waals surface area contributed by atoms with Crippen molar-refractivity contribution >= 4 is 27.4 Å². The van der Waals surface area contributed by atoms with Gasteiger partial charge in [-0.2, -0.15) is 0 Å². The number of nitrogens with zero attached hydrogens (tertiary/aromatic N) is 1. The van der Waals surface area contributed by atoms with Gasteiger partial charge in [-0.05, 0) is 29.9 Å². The number of carbonyl (C=O) groups excluding carboxylic acids is 1. The summed E-state index contributed by atoms with van der Waals surface area (Å²) < 4.78 is 0. The average molecular weight is 241 g/mol. The zero-order chi connectivity index (χ0) is 11.3. The van der Waals surface area contributed by atoms with E-state index in [0.29, 0.717) is 5.25 Å². The van der Waals surface area contributed by atoms with Gasteiger partial charge in [0.05, 0.1) is 0 Å². The standard InChI is InChI=1S/C11H15NOS2/c1-8(9(2)13)10(3)14-15-11-6-4-5-7-12-11/h4-8,10H,1-3H3. The lowest BCUT2D eigenvalue weighted by atomic mass is 10.1. The summed E-state index contributed by atoms with van der Waals surface area (Å²) in [6, 6.07) is 5.84. The van der Waals surface area contributed by atoms with Crippen molar-refractivity contribution in [1.29, 1.82) is 0 Å². The molecule has 0 saturated heterocycles. The molecule has 1 aromatic rings. The Kier molecular flexibility index (Phi) is 5.19. The normalized spacial score (nSPS) is 14.6. The third-order valence-corrected chi connectivity index (χ3v) is 5.20. The van der Waals surface area contributed by atoms with Crippen LogP contribution in [0.1, 0.15) is 20.8 Å². The fourth-order valence-electron chi connectivity index (χ4n) is 0.935. The number of Topliss-reactive ketones (excluding diaryl/α,β-unsaturated/α-hetero) is 1. The molecule has 0 fully saturated rings. The highest BCUT2D eigenvalue weighted by molar-refractivity contribution is 8.76. The Hall–Kier alpha value is -0.480. The Morgan fingerprint density at radius 1 is 1.40 bits per heavy atom. The second-order valence-electron chi connectivity index (χ2n) is 3.45. The number of carbonyl (C=O) groups is 1. The summed E-state index contributed by atoms with van der Waals surface area (Å²) in [5.41, 5.74) is 0. The maximum absolute atomic E-state index is 11.2. The van der Waals surface area contributed by atoms with E-state index in [9.17, 15) is 4.79 Å². The minimum atomic E-state index is 0.103. The van der Waals surface area contributed by atoms with E-state index >= 15 is 0 Å². The molecule has 0 aliphatic rings. The highest BCUT2D eigenvalue weighted by Crippen LogP contribution is 2.35. The summed E-state index contributed by atoms with van der Waals surface area (Å²) in [6.07, 6.45) is 1.78. The lowest BCUT2D eigenvalue weighted by molar-refractivity contribution is -0.120. The van der Waals surface area contributed by atoms with Crippen LogP contribution in [0.5, 0.6) is 0 Å². The molecule has 0 bridgehead atoms. The average Bonchev–Trinajstić information content (AvgIpc) is 2.26. The molecule has 0 aliphatic carbocycles. The molecule has 2 nitrogen and oxygen atoms in total. The van der Waals surface area contributed by atoms with E-state index in [4.69, 9.17) is 0 Å². The molecule has 0 aliphatic heterocycles. The van der Waals surface area contributed by atoms with E-state index in [1.807, 2.05) is 25.1 Å². The van der Waals surface area contributed by atoms with E-state index in [2.05, 4.69) is 11.9 Å². The van der Waals surface area contributed by atoms with Crippen LogP contribution in [0.4, 0.5) is 0 Å². The SMILES string of the molecule is CC(=O)C(C)C(C)SSc1ccccn1. The number of pyridine rings is 1. The first-order valence-electron chi connectivity index (χ1n) is 4.86. The molecule has 0 saturated carbocycles. The van der Waals surface area contributed by atoms with Crippen LogP contribution in [-0.4, -0.2) is 16.0 Å². The Morgan fingerprint density at radius 3 is 2.67 bits per heavy atom. The molecule has 0 N–H and O–H groups in total. The van der Waals surface area contributed by atoms with Gasteiger partial charge in [0.15, 0.2) is 0 Å². The van der Waals surface area contributed by atoms with Gasteiger partial charge in [0, 0.05) is 17.4 Å². The van der Waals surface area contributed by atoms with Gasteiger partial charge >= 0.3 is 0 Å². The van der Waals surface area contributed by atoms with Gasteiger partial charge in [-0.15, -0.1) is 0 Å². The smallest absolute Gasteiger partial charge is 0.133 e. The molecular weight excluding hydrogens is 226 g/mol. The summed E-state index contributed by atoms with van der Waals surface area (Å²) in [6.45, 7) is 5.69. The second kappa shape index (κ2) is 6.18. The quantitative estimate of drug-likeness (QED) is 0.739. The minimum absolute atomic E-state index is 0.103. The largest absolute Gasteiger partial charge is 0.300 e.